The van der Waals surface area contributed by atoms with Crippen molar-refractivity contribution < 1.29 is 0 Å². The van der Waals surface area contributed by atoms with Crippen LogP contribution < -0.4 is 10.5 Å². The molecule has 4 nitrogen and oxygen atoms in total. The molecule has 2 heterocycles. The topological polar surface area (TPSA) is 49.0 Å². The summed E-state index contributed by atoms with van der Waals surface area (Å²) in [7, 11) is 0. The van der Waals surface area contributed by atoms with E-state index in [2.05, 4.69) is 28.9 Å². The molecule has 0 amide bonds. The largest absolute Gasteiger partial charge is 0.355 e. The molecule has 0 spiro atoms. The summed E-state index contributed by atoms with van der Waals surface area (Å²) in [5, 5.41) is 6.54. The fourth-order valence-electron chi connectivity index (χ4n) is 2.36. The van der Waals surface area contributed by atoms with Gasteiger partial charge in [-0.05, 0) is 24.3 Å². The van der Waals surface area contributed by atoms with Crippen LogP contribution in [0.4, 0.5) is 5.82 Å². The lowest BCUT2D eigenvalue weighted by Gasteiger charge is -2.35. The highest BCUT2D eigenvalue weighted by atomic mass is 16.1. The molecule has 1 fully saturated rings. The van der Waals surface area contributed by atoms with Gasteiger partial charge in [-0.3, -0.25) is 4.79 Å². The van der Waals surface area contributed by atoms with E-state index in [0.29, 0.717) is 11.8 Å². The van der Waals surface area contributed by atoms with E-state index in [-0.39, 0.29) is 5.56 Å². The predicted molar refractivity (Wildman–Crippen MR) is 60.0 cm³/mol. The lowest BCUT2D eigenvalue weighted by Crippen LogP contribution is -2.39. The van der Waals surface area contributed by atoms with Gasteiger partial charge in [0.1, 0.15) is 5.82 Å². The van der Waals surface area contributed by atoms with Crippen molar-refractivity contribution in [2.45, 2.75) is 20.3 Å². The highest BCUT2D eigenvalue weighted by molar-refractivity contribution is 5.37. The van der Waals surface area contributed by atoms with Crippen molar-refractivity contribution in [1.82, 2.24) is 10.2 Å². The molecule has 1 N–H and O–H groups in total. The highest BCUT2D eigenvalue weighted by Crippen LogP contribution is 2.23. The molecule has 0 unspecified atom stereocenters. The van der Waals surface area contributed by atoms with Crippen LogP contribution in [0.3, 0.4) is 0 Å². The fourth-order valence-corrected chi connectivity index (χ4v) is 2.36. The Bertz CT molecular complexity index is 357. The number of anilines is 1. The van der Waals surface area contributed by atoms with E-state index in [1.165, 1.54) is 12.5 Å². The van der Waals surface area contributed by atoms with Gasteiger partial charge in [0.05, 0.1) is 0 Å². The van der Waals surface area contributed by atoms with Crippen LogP contribution in [0.15, 0.2) is 16.9 Å². The van der Waals surface area contributed by atoms with Crippen LogP contribution in [0.5, 0.6) is 0 Å². The first kappa shape index (κ1) is 10.2. The molecule has 0 aliphatic carbocycles. The molecular formula is C11H17N3O. The standard InChI is InChI=1S/C11H17N3O/c1-8-5-9(2)7-14(6-8)10-3-4-11(15)13-12-10/h3-4,8-9H,5-7H2,1-2H3,(H,13,15)/t8-,9+. The van der Waals surface area contributed by atoms with Crippen LogP contribution >= 0.6 is 0 Å². The number of hydrogen-bond donors (Lipinski definition) is 1. The zero-order valence-corrected chi connectivity index (χ0v) is 9.23. The third-order valence-electron chi connectivity index (χ3n) is 2.86. The zero-order valence-electron chi connectivity index (χ0n) is 9.23. The Morgan fingerprint density at radius 3 is 2.53 bits per heavy atom. The Kier molecular flexibility index (Phi) is 2.75. The molecule has 1 aromatic heterocycles. The average molecular weight is 207 g/mol. The van der Waals surface area contributed by atoms with Gasteiger partial charge in [-0.25, -0.2) is 5.10 Å². The SMILES string of the molecule is C[C@@H]1C[C@H](C)CN(c2ccc(=O)[nH]n2)C1. The summed E-state index contributed by atoms with van der Waals surface area (Å²) in [6, 6.07) is 3.33. The maximum atomic E-state index is 10.9. The minimum absolute atomic E-state index is 0.142. The first-order valence-corrected chi connectivity index (χ1v) is 5.46. The molecule has 0 aromatic carbocycles. The third-order valence-corrected chi connectivity index (χ3v) is 2.86. The lowest BCUT2D eigenvalue weighted by molar-refractivity contribution is 0.355. The van der Waals surface area contributed by atoms with Gasteiger partial charge < -0.3 is 4.90 Å². The van der Waals surface area contributed by atoms with Gasteiger partial charge in [0.25, 0.3) is 5.56 Å². The summed E-state index contributed by atoms with van der Waals surface area (Å²) in [4.78, 5) is 13.1. The molecule has 1 aliphatic rings. The van der Waals surface area contributed by atoms with Gasteiger partial charge in [0, 0.05) is 19.2 Å². The summed E-state index contributed by atoms with van der Waals surface area (Å²) in [5.74, 6) is 2.28. The van der Waals surface area contributed by atoms with Crippen molar-refractivity contribution in [3.05, 3.63) is 22.5 Å². The Hall–Kier alpha value is -1.32. The number of nitrogens with zero attached hydrogens (tertiary/aromatic N) is 2. The van der Waals surface area contributed by atoms with E-state index in [1.54, 1.807) is 6.07 Å². The quantitative estimate of drug-likeness (QED) is 0.754. The summed E-state index contributed by atoms with van der Waals surface area (Å²) in [5.41, 5.74) is -0.142. The van der Waals surface area contributed by atoms with Gasteiger partial charge in [0.2, 0.25) is 0 Å². The van der Waals surface area contributed by atoms with E-state index in [0.717, 1.165) is 18.9 Å². The number of aromatic amines is 1. The number of nitrogens with one attached hydrogen (secondary N) is 1. The van der Waals surface area contributed by atoms with Gasteiger partial charge in [-0.1, -0.05) is 13.8 Å². The summed E-state index contributed by atoms with van der Waals surface area (Å²) in [6.45, 7) is 6.58. The molecule has 1 aromatic rings. The highest BCUT2D eigenvalue weighted by Gasteiger charge is 2.22. The zero-order chi connectivity index (χ0) is 10.8. The second-order valence-electron chi connectivity index (χ2n) is 4.63. The van der Waals surface area contributed by atoms with Crippen molar-refractivity contribution in [3.63, 3.8) is 0 Å². The molecule has 0 saturated carbocycles. The normalized spacial score (nSPS) is 26.7. The Morgan fingerprint density at radius 1 is 1.33 bits per heavy atom. The number of hydrogen-bond acceptors (Lipinski definition) is 3. The number of aromatic nitrogens is 2. The number of piperidine rings is 1. The Balaban J connectivity index is 2.16. The van der Waals surface area contributed by atoms with Crippen molar-refractivity contribution in [3.8, 4) is 0 Å². The molecule has 0 radical (unpaired) electrons. The van der Waals surface area contributed by atoms with Crippen LogP contribution in [0.1, 0.15) is 20.3 Å². The second-order valence-corrected chi connectivity index (χ2v) is 4.63. The van der Waals surface area contributed by atoms with E-state index in [9.17, 15) is 4.79 Å². The Labute approximate surface area is 89.3 Å². The molecule has 2 rings (SSSR count). The summed E-state index contributed by atoms with van der Waals surface area (Å²) >= 11 is 0. The van der Waals surface area contributed by atoms with Gasteiger partial charge >= 0.3 is 0 Å². The maximum absolute atomic E-state index is 10.9. The average Bonchev–Trinajstić information content (AvgIpc) is 2.17. The van der Waals surface area contributed by atoms with E-state index >= 15 is 0 Å². The van der Waals surface area contributed by atoms with Gasteiger partial charge in [0.15, 0.2) is 0 Å². The Morgan fingerprint density at radius 2 is 2.00 bits per heavy atom. The fraction of sp³-hybridized carbons (Fsp3) is 0.636. The van der Waals surface area contributed by atoms with Crippen molar-refractivity contribution in [1.29, 1.82) is 0 Å². The first-order chi connectivity index (χ1) is 7.15. The predicted octanol–water partition coefficient (Wildman–Crippen LogP) is 1.25. The van der Waals surface area contributed by atoms with Crippen LogP contribution in [-0.4, -0.2) is 23.3 Å². The number of rotatable bonds is 1. The van der Waals surface area contributed by atoms with E-state index in [1.807, 2.05) is 0 Å². The monoisotopic (exact) mass is 207 g/mol. The van der Waals surface area contributed by atoms with Crippen LogP contribution in [0.2, 0.25) is 0 Å². The van der Waals surface area contributed by atoms with Gasteiger partial charge in [-0.2, -0.15) is 5.10 Å². The van der Waals surface area contributed by atoms with E-state index < -0.39 is 0 Å². The van der Waals surface area contributed by atoms with Crippen LogP contribution in [0.25, 0.3) is 0 Å². The first-order valence-electron chi connectivity index (χ1n) is 5.46. The number of H-pyrrole nitrogens is 1. The smallest absolute Gasteiger partial charge is 0.264 e. The molecule has 1 saturated heterocycles. The van der Waals surface area contributed by atoms with Crippen LogP contribution in [0, 0.1) is 11.8 Å². The van der Waals surface area contributed by atoms with Crippen molar-refractivity contribution in [2.75, 3.05) is 18.0 Å². The van der Waals surface area contributed by atoms with Crippen LogP contribution in [-0.2, 0) is 0 Å². The third kappa shape index (κ3) is 2.37. The van der Waals surface area contributed by atoms with Crippen molar-refractivity contribution in [2.24, 2.45) is 11.8 Å². The van der Waals surface area contributed by atoms with E-state index in [4.69, 9.17) is 0 Å². The lowest BCUT2D eigenvalue weighted by atomic mass is 9.92. The maximum Gasteiger partial charge on any atom is 0.264 e. The summed E-state index contributed by atoms with van der Waals surface area (Å²) < 4.78 is 0. The molecule has 0 bridgehead atoms. The molecular weight excluding hydrogens is 190 g/mol. The second kappa shape index (κ2) is 4.04. The molecule has 82 valence electrons. The molecule has 2 atom stereocenters. The minimum Gasteiger partial charge on any atom is -0.355 e. The van der Waals surface area contributed by atoms with Crippen molar-refractivity contribution >= 4 is 5.82 Å². The molecule has 4 heteroatoms. The van der Waals surface area contributed by atoms with Gasteiger partial charge in [-0.15, -0.1) is 0 Å². The summed E-state index contributed by atoms with van der Waals surface area (Å²) in [6.07, 6.45) is 1.28. The molecule has 15 heavy (non-hydrogen) atoms. The molecule has 1 aliphatic heterocycles. The minimum atomic E-state index is -0.142.